The van der Waals surface area contributed by atoms with Crippen molar-refractivity contribution in [1.82, 2.24) is 0 Å². The first-order valence-corrected chi connectivity index (χ1v) is 2.38. The first kappa shape index (κ1) is 7.87. The summed E-state index contributed by atoms with van der Waals surface area (Å²) in [6.07, 6.45) is 0. The molecule has 0 saturated carbocycles. The normalized spacial score (nSPS) is 12.6. The summed E-state index contributed by atoms with van der Waals surface area (Å²) < 4.78 is 0. The van der Waals surface area contributed by atoms with E-state index < -0.39 is 23.4 Å². The predicted octanol–water partition coefficient (Wildman–Crippen LogP) is -0.0162. The first-order chi connectivity index (χ1) is 4.04. The van der Waals surface area contributed by atoms with E-state index in [0.717, 1.165) is 0 Å². The molecule has 0 saturated heterocycles. The second-order valence-corrected chi connectivity index (χ2v) is 1.75. The molecule has 0 aromatic carbocycles. The number of carboxylic acids is 1. The maximum atomic E-state index is 9.93. The molecule has 5 nitrogen and oxygen atoms in total. The monoisotopic (exact) mass is 133 g/mol. The van der Waals surface area contributed by atoms with Crippen LogP contribution in [0.5, 0.6) is 0 Å². The van der Waals surface area contributed by atoms with E-state index in [1.54, 1.807) is 0 Å². The standard InChI is InChI=1S/C4H7NO4/c1-3(4(6)7)2-5(8)9/h3H,2H2,1H3,(H,6,7). The van der Waals surface area contributed by atoms with Gasteiger partial charge in [0.05, 0.1) is 0 Å². The number of carboxylic acid groups (broad SMARTS) is 1. The minimum atomic E-state index is -1.13. The number of nitrogens with zero attached hydrogens (tertiary/aromatic N) is 1. The third kappa shape index (κ3) is 3.45. The average Bonchev–Trinajstić information content (AvgIpc) is 1.63. The van der Waals surface area contributed by atoms with E-state index in [1.807, 2.05) is 0 Å². The fourth-order valence-corrected chi connectivity index (χ4v) is 0.302. The van der Waals surface area contributed by atoms with Gasteiger partial charge in [-0.3, -0.25) is 14.9 Å². The summed E-state index contributed by atoms with van der Waals surface area (Å²) >= 11 is 0. The molecule has 0 aliphatic heterocycles. The zero-order valence-corrected chi connectivity index (χ0v) is 4.90. The molecule has 0 bridgehead atoms. The molecule has 0 amide bonds. The molecule has 0 radical (unpaired) electrons. The highest BCUT2D eigenvalue weighted by atomic mass is 16.6. The number of hydrogen-bond donors (Lipinski definition) is 1. The van der Waals surface area contributed by atoms with Crippen LogP contribution in [0.1, 0.15) is 6.92 Å². The minimum absolute atomic E-state index is 0.505. The van der Waals surface area contributed by atoms with Gasteiger partial charge >= 0.3 is 5.97 Å². The van der Waals surface area contributed by atoms with Gasteiger partial charge < -0.3 is 5.11 Å². The van der Waals surface area contributed by atoms with Crippen molar-refractivity contribution in [2.24, 2.45) is 5.92 Å². The number of aliphatic carboxylic acids is 1. The maximum Gasteiger partial charge on any atom is 0.312 e. The molecule has 0 aromatic rings. The molecule has 0 aliphatic rings. The summed E-state index contributed by atoms with van der Waals surface area (Å²) in [5.74, 6) is -2.02. The zero-order chi connectivity index (χ0) is 7.44. The van der Waals surface area contributed by atoms with Gasteiger partial charge in [-0.1, -0.05) is 0 Å². The lowest BCUT2D eigenvalue weighted by Gasteiger charge is -1.96. The van der Waals surface area contributed by atoms with Gasteiger partial charge in [0.25, 0.3) is 0 Å². The fraction of sp³-hybridized carbons (Fsp3) is 0.750. The van der Waals surface area contributed by atoms with E-state index >= 15 is 0 Å². The molecular weight excluding hydrogens is 126 g/mol. The van der Waals surface area contributed by atoms with Crippen LogP contribution in [-0.2, 0) is 4.79 Å². The molecule has 0 rings (SSSR count). The lowest BCUT2D eigenvalue weighted by molar-refractivity contribution is -0.485. The van der Waals surface area contributed by atoms with Crippen LogP contribution in [0.2, 0.25) is 0 Å². The summed E-state index contributed by atoms with van der Waals surface area (Å²) in [4.78, 5) is 18.9. The van der Waals surface area contributed by atoms with Crippen molar-refractivity contribution in [3.05, 3.63) is 10.1 Å². The Morgan fingerprint density at radius 1 is 1.89 bits per heavy atom. The van der Waals surface area contributed by atoms with Crippen molar-refractivity contribution in [2.45, 2.75) is 6.92 Å². The Morgan fingerprint density at radius 3 is 2.44 bits per heavy atom. The van der Waals surface area contributed by atoms with Crippen molar-refractivity contribution in [2.75, 3.05) is 6.54 Å². The molecular formula is C4H7NO4. The molecule has 5 heteroatoms. The van der Waals surface area contributed by atoms with Crippen LogP contribution < -0.4 is 0 Å². The van der Waals surface area contributed by atoms with E-state index in [-0.39, 0.29) is 0 Å². The molecule has 1 atom stereocenters. The van der Waals surface area contributed by atoms with Crippen LogP contribution in [-0.4, -0.2) is 22.5 Å². The van der Waals surface area contributed by atoms with Crippen molar-refractivity contribution in [3.63, 3.8) is 0 Å². The van der Waals surface area contributed by atoms with Gasteiger partial charge in [0.2, 0.25) is 6.54 Å². The van der Waals surface area contributed by atoms with Gasteiger partial charge in [0.1, 0.15) is 5.92 Å². The van der Waals surface area contributed by atoms with E-state index in [2.05, 4.69) is 0 Å². The van der Waals surface area contributed by atoms with Crippen LogP contribution in [0.3, 0.4) is 0 Å². The third-order valence-electron chi connectivity index (χ3n) is 0.845. The lowest BCUT2D eigenvalue weighted by atomic mass is 10.2. The topological polar surface area (TPSA) is 80.4 Å². The molecule has 0 aliphatic carbocycles. The highest BCUT2D eigenvalue weighted by Gasteiger charge is 2.16. The smallest absolute Gasteiger partial charge is 0.312 e. The summed E-state index contributed by atoms with van der Waals surface area (Å²) in [6.45, 7) is 0.792. The molecule has 0 spiro atoms. The lowest BCUT2D eigenvalue weighted by Crippen LogP contribution is -2.19. The van der Waals surface area contributed by atoms with Crippen LogP contribution >= 0.6 is 0 Å². The van der Waals surface area contributed by atoms with Crippen molar-refractivity contribution in [1.29, 1.82) is 0 Å². The first-order valence-electron chi connectivity index (χ1n) is 2.38. The van der Waals surface area contributed by atoms with Crippen molar-refractivity contribution in [3.8, 4) is 0 Å². The van der Waals surface area contributed by atoms with Gasteiger partial charge in [0, 0.05) is 4.92 Å². The highest BCUT2D eigenvalue weighted by molar-refractivity contribution is 5.69. The Hall–Kier alpha value is -1.13. The molecule has 0 fully saturated rings. The average molecular weight is 133 g/mol. The third-order valence-corrected chi connectivity index (χ3v) is 0.845. The van der Waals surface area contributed by atoms with Gasteiger partial charge in [-0.05, 0) is 6.92 Å². The van der Waals surface area contributed by atoms with Crippen molar-refractivity contribution >= 4 is 5.97 Å². The summed E-state index contributed by atoms with van der Waals surface area (Å²) in [5, 5.41) is 17.8. The highest BCUT2D eigenvalue weighted by Crippen LogP contribution is 1.92. The Labute approximate surface area is 51.4 Å². The van der Waals surface area contributed by atoms with Gasteiger partial charge in [-0.2, -0.15) is 0 Å². The van der Waals surface area contributed by atoms with Crippen LogP contribution in [0.15, 0.2) is 0 Å². The summed E-state index contributed by atoms with van der Waals surface area (Å²) in [6, 6.07) is 0. The molecule has 9 heavy (non-hydrogen) atoms. The molecule has 0 heterocycles. The summed E-state index contributed by atoms with van der Waals surface area (Å²) in [7, 11) is 0. The van der Waals surface area contributed by atoms with Crippen molar-refractivity contribution < 1.29 is 14.8 Å². The summed E-state index contributed by atoms with van der Waals surface area (Å²) in [5.41, 5.74) is 0. The van der Waals surface area contributed by atoms with Gasteiger partial charge in [-0.25, -0.2) is 0 Å². The fourth-order valence-electron chi connectivity index (χ4n) is 0.302. The quantitative estimate of drug-likeness (QED) is 0.433. The molecule has 1 unspecified atom stereocenters. The Kier molecular flexibility index (Phi) is 2.63. The van der Waals surface area contributed by atoms with Gasteiger partial charge in [0.15, 0.2) is 0 Å². The van der Waals surface area contributed by atoms with Gasteiger partial charge in [-0.15, -0.1) is 0 Å². The SMILES string of the molecule is CC(C[N+](=O)[O-])C(=O)O. The minimum Gasteiger partial charge on any atom is -0.481 e. The second kappa shape index (κ2) is 3.01. The zero-order valence-electron chi connectivity index (χ0n) is 4.90. The van der Waals surface area contributed by atoms with Crippen LogP contribution in [0.25, 0.3) is 0 Å². The largest absolute Gasteiger partial charge is 0.481 e. The maximum absolute atomic E-state index is 9.93. The number of rotatable bonds is 3. The van der Waals surface area contributed by atoms with Crippen LogP contribution in [0.4, 0.5) is 0 Å². The Balaban J connectivity index is 3.63. The number of carbonyl (C=O) groups is 1. The Bertz CT molecular complexity index is 133. The van der Waals surface area contributed by atoms with E-state index in [1.165, 1.54) is 6.92 Å². The molecule has 0 aromatic heterocycles. The second-order valence-electron chi connectivity index (χ2n) is 1.75. The number of nitro groups is 1. The number of hydrogen-bond acceptors (Lipinski definition) is 3. The van der Waals surface area contributed by atoms with E-state index in [4.69, 9.17) is 5.11 Å². The Morgan fingerprint density at radius 2 is 2.33 bits per heavy atom. The van der Waals surface area contributed by atoms with E-state index in [9.17, 15) is 14.9 Å². The molecule has 1 N–H and O–H groups in total. The van der Waals surface area contributed by atoms with Crippen LogP contribution in [0, 0.1) is 16.0 Å². The molecule has 52 valence electrons. The van der Waals surface area contributed by atoms with E-state index in [0.29, 0.717) is 0 Å². The predicted molar refractivity (Wildman–Crippen MR) is 28.7 cm³/mol.